The van der Waals surface area contributed by atoms with Crippen LogP contribution in [0.3, 0.4) is 0 Å². The van der Waals surface area contributed by atoms with Crippen molar-refractivity contribution in [3.05, 3.63) is 17.2 Å². The molecule has 0 aliphatic carbocycles. The molecule has 1 atom stereocenters. The maximum absolute atomic E-state index is 6.19. The summed E-state index contributed by atoms with van der Waals surface area (Å²) in [6.07, 6.45) is 2.53. The normalized spacial score (nSPS) is 27.3. The van der Waals surface area contributed by atoms with Gasteiger partial charge in [0.2, 0.25) is 5.58 Å². The fourth-order valence-electron chi connectivity index (χ4n) is 3.64. The van der Waals surface area contributed by atoms with Gasteiger partial charge in [-0.3, -0.25) is 0 Å². The van der Waals surface area contributed by atoms with Gasteiger partial charge in [0, 0.05) is 12.6 Å². The molecule has 6 heteroatoms. The van der Waals surface area contributed by atoms with Crippen molar-refractivity contribution in [3.63, 3.8) is 0 Å². The molecule has 3 aliphatic heterocycles. The van der Waals surface area contributed by atoms with E-state index in [9.17, 15) is 0 Å². The largest absolute Gasteiger partial charge is 0.488 e. The van der Waals surface area contributed by atoms with Crippen molar-refractivity contribution in [2.45, 2.75) is 25.8 Å². The Bertz CT molecular complexity index is 679. The van der Waals surface area contributed by atoms with E-state index in [1.54, 1.807) is 0 Å². The second-order valence-electron chi connectivity index (χ2n) is 6.11. The molecular weight excluding hydrogens is 302 g/mol. The van der Waals surface area contributed by atoms with E-state index in [-0.39, 0.29) is 0 Å². The van der Waals surface area contributed by atoms with Crippen LogP contribution in [0.1, 0.15) is 19.8 Å². The van der Waals surface area contributed by atoms with Crippen LogP contribution in [0.4, 0.5) is 5.82 Å². The molecular formula is C16H20ClN3O2. The summed E-state index contributed by atoms with van der Waals surface area (Å²) in [4.78, 5) is 2.52. The topological polar surface area (TPSA) is 50.5 Å². The summed E-state index contributed by atoms with van der Waals surface area (Å²) in [7, 11) is 0. The first-order chi connectivity index (χ1) is 10.8. The number of anilines is 1. The number of nitrogens with one attached hydrogen (secondary N) is 1. The van der Waals surface area contributed by atoms with Crippen molar-refractivity contribution in [1.82, 2.24) is 10.1 Å². The predicted molar refractivity (Wildman–Crippen MR) is 86.8 cm³/mol. The van der Waals surface area contributed by atoms with Crippen molar-refractivity contribution >= 4 is 28.4 Å². The van der Waals surface area contributed by atoms with Crippen LogP contribution < -0.4 is 10.1 Å². The van der Waals surface area contributed by atoms with Gasteiger partial charge in [0.25, 0.3) is 0 Å². The standard InChI is InChI=1S/C16H20ClN3O2/c1-2-21-15-12(17)4-3-11-14(15)22-19-16(11)18-13-9-20-7-5-10(13)6-8-20/h3-4,10,13H,2,5-9H2,1H3,(H,18,19). The van der Waals surface area contributed by atoms with Crippen LogP contribution in [0.2, 0.25) is 5.02 Å². The van der Waals surface area contributed by atoms with E-state index < -0.39 is 0 Å². The Labute approximate surface area is 134 Å². The van der Waals surface area contributed by atoms with Crippen molar-refractivity contribution in [3.8, 4) is 5.75 Å². The lowest BCUT2D eigenvalue weighted by molar-refractivity contribution is 0.0973. The molecule has 3 fully saturated rings. The van der Waals surface area contributed by atoms with Gasteiger partial charge in [-0.05, 0) is 50.9 Å². The van der Waals surface area contributed by atoms with E-state index >= 15 is 0 Å². The molecule has 118 valence electrons. The molecule has 3 aliphatic rings. The number of fused-ring (bicyclic) bond motifs is 4. The van der Waals surface area contributed by atoms with Crippen molar-refractivity contribution < 1.29 is 9.26 Å². The average molecular weight is 322 g/mol. The van der Waals surface area contributed by atoms with E-state index in [0.29, 0.717) is 29.0 Å². The van der Waals surface area contributed by atoms with Gasteiger partial charge in [0.15, 0.2) is 11.6 Å². The molecule has 0 spiro atoms. The minimum absolute atomic E-state index is 0.446. The molecule has 5 rings (SSSR count). The summed E-state index contributed by atoms with van der Waals surface area (Å²) < 4.78 is 11.1. The zero-order chi connectivity index (χ0) is 15.1. The molecule has 5 nitrogen and oxygen atoms in total. The Morgan fingerprint density at radius 3 is 2.91 bits per heavy atom. The Balaban J connectivity index is 1.64. The van der Waals surface area contributed by atoms with Crippen LogP contribution in [-0.4, -0.2) is 42.3 Å². The van der Waals surface area contributed by atoms with Crippen LogP contribution in [0.15, 0.2) is 16.7 Å². The molecule has 1 unspecified atom stereocenters. The van der Waals surface area contributed by atoms with Gasteiger partial charge < -0.3 is 19.5 Å². The third-order valence-electron chi connectivity index (χ3n) is 4.81. The van der Waals surface area contributed by atoms with Crippen LogP contribution in [0.25, 0.3) is 11.0 Å². The first kappa shape index (κ1) is 14.2. The lowest BCUT2D eigenvalue weighted by atomic mass is 9.84. The molecule has 2 aromatic rings. The van der Waals surface area contributed by atoms with E-state index in [2.05, 4.69) is 15.4 Å². The Morgan fingerprint density at radius 2 is 2.23 bits per heavy atom. The van der Waals surface area contributed by atoms with Crippen LogP contribution in [0, 0.1) is 5.92 Å². The highest BCUT2D eigenvalue weighted by Gasteiger charge is 2.34. The number of aromatic nitrogens is 1. The number of benzene rings is 1. The van der Waals surface area contributed by atoms with E-state index in [1.165, 1.54) is 25.9 Å². The minimum atomic E-state index is 0.446. The first-order valence-corrected chi connectivity index (χ1v) is 8.33. The summed E-state index contributed by atoms with van der Waals surface area (Å²) >= 11 is 6.19. The minimum Gasteiger partial charge on any atom is -0.488 e. The second kappa shape index (κ2) is 5.63. The predicted octanol–water partition coefficient (Wildman–Crippen LogP) is 3.39. The fraction of sp³-hybridized carbons (Fsp3) is 0.562. The highest BCUT2D eigenvalue weighted by atomic mass is 35.5. The number of rotatable bonds is 4. The molecule has 3 saturated heterocycles. The summed E-state index contributed by atoms with van der Waals surface area (Å²) in [6, 6.07) is 4.23. The SMILES string of the molecule is CCOc1c(Cl)ccc2c(NC3CN4CCC3CC4)noc12. The Hall–Kier alpha value is -1.46. The van der Waals surface area contributed by atoms with Gasteiger partial charge in [-0.25, -0.2) is 0 Å². The third-order valence-corrected chi connectivity index (χ3v) is 5.11. The van der Waals surface area contributed by atoms with Gasteiger partial charge >= 0.3 is 0 Å². The van der Waals surface area contributed by atoms with Gasteiger partial charge in [0.1, 0.15) is 0 Å². The summed E-state index contributed by atoms with van der Waals surface area (Å²) in [6.45, 7) is 6.02. The molecule has 1 aromatic heterocycles. The maximum Gasteiger partial charge on any atom is 0.212 e. The van der Waals surface area contributed by atoms with E-state index in [4.69, 9.17) is 20.9 Å². The lowest BCUT2D eigenvalue weighted by Crippen LogP contribution is -2.53. The van der Waals surface area contributed by atoms with Gasteiger partial charge in [0.05, 0.1) is 17.0 Å². The number of nitrogens with zero attached hydrogens (tertiary/aromatic N) is 2. The number of ether oxygens (including phenoxy) is 1. The van der Waals surface area contributed by atoms with Crippen molar-refractivity contribution in [2.24, 2.45) is 5.92 Å². The highest BCUT2D eigenvalue weighted by molar-refractivity contribution is 6.33. The van der Waals surface area contributed by atoms with Crippen LogP contribution in [0.5, 0.6) is 5.75 Å². The molecule has 4 heterocycles. The molecule has 1 aromatic carbocycles. The van der Waals surface area contributed by atoms with E-state index in [0.717, 1.165) is 23.7 Å². The highest BCUT2D eigenvalue weighted by Crippen LogP contribution is 2.38. The molecule has 2 bridgehead atoms. The summed E-state index contributed by atoms with van der Waals surface area (Å²) in [5, 5.41) is 9.28. The van der Waals surface area contributed by atoms with Crippen LogP contribution >= 0.6 is 11.6 Å². The van der Waals surface area contributed by atoms with Crippen molar-refractivity contribution in [1.29, 1.82) is 0 Å². The number of hydrogen-bond donors (Lipinski definition) is 1. The van der Waals surface area contributed by atoms with Crippen LogP contribution in [-0.2, 0) is 0 Å². The zero-order valence-corrected chi connectivity index (χ0v) is 13.4. The monoisotopic (exact) mass is 321 g/mol. The molecule has 0 radical (unpaired) electrons. The van der Waals surface area contributed by atoms with Gasteiger partial charge in [-0.15, -0.1) is 0 Å². The Kier molecular flexibility index (Phi) is 3.62. The molecule has 0 amide bonds. The van der Waals surface area contributed by atoms with Crippen molar-refractivity contribution in [2.75, 3.05) is 31.6 Å². The first-order valence-electron chi connectivity index (χ1n) is 7.96. The number of piperidine rings is 3. The summed E-state index contributed by atoms with van der Waals surface area (Å²) in [5.74, 6) is 2.11. The zero-order valence-electron chi connectivity index (χ0n) is 12.6. The smallest absolute Gasteiger partial charge is 0.212 e. The van der Waals surface area contributed by atoms with Gasteiger partial charge in [-0.2, -0.15) is 0 Å². The quantitative estimate of drug-likeness (QED) is 0.935. The average Bonchev–Trinajstić information content (AvgIpc) is 2.95. The van der Waals surface area contributed by atoms with Gasteiger partial charge in [-0.1, -0.05) is 16.8 Å². The summed E-state index contributed by atoms with van der Waals surface area (Å²) in [5.41, 5.74) is 0.623. The second-order valence-corrected chi connectivity index (χ2v) is 6.51. The fourth-order valence-corrected chi connectivity index (χ4v) is 3.85. The molecule has 22 heavy (non-hydrogen) atoms. The Morgan fingerprint density at radius 1 is 1.41 bits per heavy atom. The number of halogens is 1. The molecule has 0 saturated carbocycles. The maximum atomic E-state index is 6.19. The number of hydrogen-bond acceptors (Lipinski definition) is 5. The van der Waals surface area contributed by atoms with E-state index in [1.807, 2.05) is 19.1 Å². The lowest BCUT2D eigenvalue weighted by Gasteiger charge is -2.44. The third kappa shape index (κ3) is 2.32. The molecule has 1 N–H and O–H groups in total.